The number of pyridine rings is 1. The first kappa shape index (κ1) is 21.3. The molecule has 1 atom stereocenters. The fraction of sp³-hybridized carbons (Fsp3) is 0.611. The maximum atomic E-state index is 13.3. The summed E-state index contributed by atoms with van der Waals surface area (Å²) in [4.78, 5) is 14.1. The van der Waals surface area contributed by atoms with E-state index in [0.717, 1.165) is 6.42 Å². The van der Waals surface area contributed by atoms with Crippen molar-refractivity contribution in [2.24, 2.45) is 11.7 Å². The SMILES string of the molecule is C=C(N)C(CCC(C)C)n1cc(CCN(C)C)c(C(F)(F)F)cc1=O. The summed E-state index contributed by atoms with van der Waals surface area (Å²) < 4.78 is 41.2. The minimum atomic E-state index is -4.56. The number of nitrogens with zero attached hydrogens (tertiary/aromatic N) is 2. The molecule has 0 saturated carbocycles. The molecule has 0 spiro atoms. The highest BCUT2D eigenvalue weighted by atomic mass is 19.4. The maximum Gasteiger partial charge on any atom is 0.416 e. The lowest BCUT2D eigenvalue weighted by atomic mass is 10.00. The van der Waals surface area contributed by atoms with E-state index in [1.165, 1.54) is 10.8 Å². The fourth-order valence-electron chi connectivity index (χ4n) is 2.64. The van der Waals surface area contributed by atoms with Gasteiger partial charge in [-0.15, -0.1) is 0 Å². The number of hydrogen-bond donors (Lipinski definition) is 1. The molecule has 0 aliphatic carbocycles. The van der Waals surface area contributed by atoms with Crippen LogP contribution in [0, 0.1) is 5.92 Å². The van der Waals surface area contributed by atoms with Gasteiger partial charge < -0.3 is 15.2 Å². The van der Waals surface area contributed by atoms with Gasteiger partial charge in [0, 0.05) is 24.5 Å². The van der Waals surface area contributed by atoms with E-state index in [0.29, 0.717) is 24.9 Å². The minimum Gasteiger partial charge on any atom is -0.401 e. The molecule has 2 N–H and O–H groups in total. The van der Waals surface area contributed by atoms with Gasteiger partial charge >= 0.3 is 6.18 Å². The Balaban J connectivity index is 3.37. The zero-order chi connectivity index (χ0) is 19.4. The Hall–Kier alpha value is -1.76. The summed E-state index contributed by atoms with van der Waals surface area (Å²) in [6, 6.07) is 0.173. The van der Waals surface area contributed by atoms with Gasteiger partial charge in [0.25, 0.3) is 5.56 Å². The Bertz CT molecular complexity index is 648. The van der Waals surface area contributed by atoms with Gasteiger partial charge in [-0.05, 0) is 44.8 Å². The number of alkyl halides is 3. The lowest BCUT2D eigenvalue weighted by molar-refractivity contribution is -0.138. The molecule has 4 nitrogen and oxygen atoms in total. The highest BCUT2D eigenvalue weighted by Crippen LogP contribution is 2.32. The van der Waals surface area contributed by atoms with Crippen molar-refractivity contribution in [1.29, 1.82) is 0 Å². The molecule has 142 valence electrons. The Labute approximate surface area is 147 Å². The van der Waals surface area contributed by atoms with E-state index >= 15 is 0 Å². The quantitative estimate of drug-likeness (QED) is 0.774. The number of hydrogen-bond acceptors (Lipinski definition) is 3. The molecule has 1 unspecified atom stereocenters. The predicted octanol–water partition coefficient (Wildman–Crippen LogP) is 3.42. The number of rotatable bonds is 8. The fourth-order valence-corrected chi connectivity index (χ4v) is 2.64. The van der Waals surface area contributed by atoms with Crippen molar-refractivity contribution in [2.75, 3.05) is 20.6 Å². The summed E-state index contributed by atoms with van der Waals surface area (Å²) in [5.41, 5.74) is 4.63. The first-order chi connectivity index (χ1) is 11.4. The molecule has 0 bridgehead atoms. The molecule has 1 aromatic heterocycles. The van der Waals surface area contributed by atoms with Crippen LogP contribution >= 0.6 is 0 Å². The standard InChI is InChI=1S/C18H28F3N3O/c1-12(2)6-7-16(13(3)22)24-11-14(8-9-23(4)5)15(10-17(24)25)18(19,20)21/h10-12,16H,3,6-9,22H2,1-2,4-5H3. The largest absolute Gasteiger partial charge is 0.416 e. The summed E-state index contributed by atoms with van der Waals surface area (Å²) >= 11 is 0. The molecular weight excluding hydrogens is 331 g/mol. The minimum absolute atomic E-state index is 0.0941. The zero-order valence-corrected chi connectivity index (χ0v) is 15.4. The third-order valence-electron chi connectivity index (χ3n) is 4.08. The van der Waals surface area contributed by atoms with Crippen LogP contribution in [-0.2, 0) is 12.6 Å². The van der Waals surface area contributed by atoms with E-state index in [1.54, 1.807) is 19.0 Å². The number of likely N-dealkylation sites (N-methyl/N-ethyl adjacent to an activating group) is 1. The number of aromatic nitrogens is 1. The molecular formula is C18H28F3N3O. The van der Waals surface area contributed by atoms with Crippen molar-refractivity contribution in [2.45, 2.75) is 45.3 Å². The highest BCUT2D eigenvalue weighted by molar-refractivity contribution is 5.28. The van der Waals surface area contributed by atoms with Gasteiger partial charge in [-0.3, -0.25) is 4.79 Å². The van der Waals surface area contributed by atoms with Gasteiger partial charge in [0.15, 0.2) is 0 Å². The molecule has 25 heavy (non-hydrogen) atoms. The van der Waals surface area contributed by atoms with Crippen molar-refractivity contribution in [1.82, 2.24) is 9.47 Å². The van der Waals surface area contributed by atoms with E-state index in [2.05, 4.69) is 6.58 Å². The number of allylic oxidation sites excluding steroid dienone is 1. The molecule has 1 aromatic rings. The van der Waals surface area contributed by atoms with E-state index in [4.69, 9.17) is 5.73 Å². The average Bonchev–Trinajstić information content (AvgIpc) is 2.45. The zero-order valence-electron chi connectivity index (χ0n) is 15.4. The second kappa shape index (κ2) is 8.56. The first-order valence-corrected chi connectivity index (χ1v) is 8.34. The molecule has 0 saturated heterocycles. The smallest absolute Gasteiger partial charge is 0.401 e. The summed E-state index contributed by atoms with van der Waals surface area (Å²) in [6.45, 7) is 8.23. The van der Waals surface area contributed by atoms with Crippen LogP contribution in [0.25, 0.3) is 0 Å². The lowest BCUT2D eigenvalue weighted by Crippen LogP contribution is -2.30. The number of halogens is 3. The second-order valence-electron chi connectivity index (χ2n) is 7.07. The van der Waals surface area contributed by atoms with Gasteiger partial charge in [0.2, 0.25) is 0 Å². The number of nitrogens with two attached hydrogens (primary N) is 1. The molecule has 0 radical (unpaired) electrons. The summed E-state index contributed by atoms with van der Waals surface area (Å²) in [5, 5.41) is 0. The summed E-state index contributed by atoms with van der Waals surface area (Å²) in [5.74, 6) is 0.389. The Morgan fingerprint density at radius 2 is 1.92 bits per heavy atom. The van der Waals surface area contributed by atoms with Crippen LogP contribution in [0.2, 0.25) is 0 Å². The Morgan fingerprint density at radius 1 is 1.32 bits per heavy atom. The van der Waals surface area contributed by atoms with Crippen LogP contribution in [0.15, 0.2) is 29.3 Å². The van der Waals surface area contributed by atoms with E-state index in [-0.39, 0.29) is 17.7 Å². The van der Waals surface area contributed by atoms with Crippen molar-refractivity contribution >= 4 is 0 Å². The molecule has 0 aliphatic rings. The predicted molar refractivity (Wildman–Crippen MR) is 94.4 cm³/mol. The lowest BCUT2D eigenvalue weighted by Gasteiger charge is -2.23. The van der Waals surface area contributed by atoms with Crippen molar-refractivity contribution < 1.29 is 13.2 Å². The van der Waals surface area contributed by atoms with E-state index < -0.39 is 23.3 Å². The third kappa shape index (κ3) is 6.23. The molecule has 1 heterocycles. The normalized spacial score (nSPS) is 13.5. The molecule has 0 amide bonds. The van der Waals surface area contributed by atoms with Gasteiger partial charge in [-0.25, -0.2) is 0 Å². The molecule has 0 aliphatic heterocycles. The van der Waals surface area contributed by atoms with E-state index in [1.807, 2.05) is 13.8 Å². The van der Waals surface area contributed by atoms with Crippen LogP contribution in [0.4, 0.5) is 13.2 Å². The first-order valence-electron chi connectivity index (χ1n) is 8.34. The summed E-state index contributed by atoms with van der Waals surface area (Å²) in [7, 11) is 3.58. The van der Waals surface area contributed by atoms with Gasteiger partial charge in [-0.1, -0.05) is 20.4 Å². The topological polar surface area (TPSA) is 51.3 Å². The Kier molecular flexibility index (Phi) is 7.29. The second-order valence-corrected chi connectivity index (χ2v) is 7.07. The van der Waals surface area contributed by atoms with Crippen molar-refractivity contribution in [3.8, 4) is 0 Å². The van der Waals surface area contributed by atoms with Crippen LogP contribution < -0.4 is 11.3 Å². The maximum absolute atomic E-state index is 13.3. The summed E-state index contributed by atoms with van der Waals surface area (Å²) in [6.07, 6.45) is -1.71. The van der Waals surface area contributed by atoms with Crippen LogP contribution in [0.3, 0.4) is 0 Å². The van der Waals surface area contributed by atoms with Crippen LogP contribution in [0.5, 0.6) is 0 Å². The Morgan fingerprint density at radius 3 is 2.36 bits per heavy atom. The van der Waals surface area contributed by atoms with Crippen LogP contribution in [-0.4, -0.2) is 30.1 Å². The monoisotopic (exact) mass is 359 g/mol. The van der Waals surface area contributed by atoms with Crippen molar-refractivity contribution in [3.63, 3.8) is 0 Å². The molecule has 0 aromatic carbocycles. The van der Waals surface area contributed by atoms with Gasteiger partial charge in [0.1, 0.15) is 0 Å². The average molecular weight is 359 g/mol. The molecule has 1 rings (SSSR count). The van der Waals surface area contributed by atoms with E-state index in [9.17, 15) is 18.0 Å². The molecule has 0 fully saturated rings. The highest BCUT2D eigenvalue weighted by Gasteiger charge is 2.34. The molecule has 7 heteroatoms. The van der Waals surface area contributed by atoms with Gasteiger partial charge in [0.05, 0.1) is 11.6 Å². The van der Waals surface area contributed by atoms with Gasteiger partial charge in [-0.2, -0.15) is 13.2 Å². The third-order valence-corrected chi connectivity index (χ3v) is 4.08. The van der Waals surface area contributed by atoms with Crippen LogP contribution in [0.1, 0.15) is 43.9 Å². The van der Waals surface area contributed by atoms with Crippen molar-refractivity contribution in [3.05, 3.63) is 46.0 Å².